The van der Waals surface area contributed by atoms with E-state index in [0.29, 0.717) is 19.0 Å². The van der Waals surface area contributed by atoms with Crippen LogP contribution in [0.1, 0.15) is 30.1 Å². The third-order valence-electron chi connectivity index (χ3n) is 3.37. The van der Waals surface area contributed by atoms with E-state index in [-0.39, 0.29) is 17.1 Å². The Morgan fingerprint density at radius 2 is 2.16 bits per heavy atom. The Kier molecular flexibility index (Phi) is 3.64. The molecule has 0 unspecified atom stereocenters. The molecule has 0 atom stereocenters. The molecular formula is C12H15N3O4. The Bertz CT molecular complexity index is 510. The minimum atomic E-state index is -1.21. The van der Waals surface area contributed by atoms with E-state index >= 15 is 0 Å². The van der Waals surface area contributed by atoms with Gasteiger partial charge >= 0.3 is 11.7 Å². The summed E-state index contributed by atoms with van der Waals surface area (Å²) in [4.78, 5) is 27.1. The minimum Gasteiger partial charge on any atom is -0.478 e. The number of carboxylic acids is 1. The van der Waals surface area contributed by atoms with Gasteiger partial charge in [-0.3, -0.25) is 10.1 Å². The van der Waals surface area contributed by atoms with Crippen LogP contribution >= 0.6 is 0 Å². The van der Waals surface area contributed by atoms with Crippen LogP contribution in [0.3, 0.4) is 0 Å². The van der Waals surface area contributed by atoms with Crippen molar-refractivity contribution in [2.45, 2.75) is 19.8 Å². The monoisotopic (exact) mass is 265 g/mol. The summed E-state index contributed by atoms with van der Waals surface area (Å²) in [7, 11) is 0. The fourth-order valence-corrected chi connectivity index (χ4v) is 2.16. The summed E-state index contributed by atoms with van der Waals surface area (Å²) in [6, 6.07) is 1.07. The predicted octanol–water partition coefficient (Wildman–Crippen LogP) is 1.92. The maximum atomic E-state index is 11.0. The van der Waals surface area contributed by atoms with Gasteiger partial charge in [0.2, 0.25) is 5.82 Å². The van der Waals surface area contributed by atoms with Crippen molar-refractivity contribution in [3.8, 4) is 0 Å². The average Bonchev–Trinajstić information content (AvgIpc) is 2.38. The number of pyridine rings is 1. The summed E-state index contributed by atoms with van der Waals surface area (Å²) in [5.74, 6) is -0.343. The molecule has 1 aromatic heterocycles. The summed E-state index contributed by atoms with van der Waals surface area (Å²) in [5, 5.41) is 19.9. The number of piperidine rings is 1. The van der Waals surface area contributed by atoms with Crippen molar-refractivity contribution in [2.75, 3.05) is 18.0 Å². The van der Waals surface area contributed by atoms with Crippen LogP contribution < -0.4 is 4.90 Å². The van der Waals surface area contributed by atoms with Crippen molar-refractivity contribution in [1.29, 1.82) is 0 Å². The van der Waals surface area contributed by atoms with E-state index in [1.807, 2.05) is 4.90 Å². The topological polar surface area (TPSA) is 96.6 Å². The molecule has 102 valence electrons. The number of aromatic nitrogens is 1. The van der Waals surface area contributed by atoms with Crippen LogP contribution in [-0.4, -0.2) is 34.1 Å². The zero-order chi connectivity index (χ0) is 14.0. The van der Waals surface area contributed by atoms with Gasteiger partial charge in [0.25, 0.3) is 0 Å². The molecule has 0 aromatic carbocycles. The van der Waals surface area contributed by atoms with Gasteiger partial charge in [0.05, 0.1) is 10.5 Å². The number of nitrogens with zero attached hydrogens (tertiary/aromatic N) is 3. The second-order valence-electron chi connectivity index (χ2n) is 4.80. The average molecular weight is 265 g/mol. The van der Waals surface area contributed by atoms with Crippen LogP contribution in [0, 0.1) is 16.0 Å². The number of carbonyl (C=O) groups is 1. The van der Waals surface area contributed by atoms with Gasteiger partial charge in [-0.2, -0.15) is 0 Å². The molecular weight excluding hydrogens is 250 g/mol. The van der Waals surface area contributed by atoms with Gasteiger partial charge in [0.15, 0.2) is 0 Å². The van der Waals surface area contributed by atoms with Crippen molar-refractivity contribution in [3.63, 3.8) is 0 Å². The lowest BCUT2D eigenvalue weighted by molar-refractivity contribution is -0.384. The first-order valence-corrected chi connectivity index (χ1v) is 6.11. The Morgan fingerprint density at radius 3 is 2.68 bits per heavy atom. The van der Waals surface area contributed by atoms with E-state index in [2.05, 4.69) is 11.9 Å². The van der Waals surface area contributed by atoms with E-state index in [0.717, 1.165) is 18.9 Å². The highest BCUT2D eigenvalue weighted by Crippen LogP contribution is 2.29. The van der Waals surface area contributed by atoms with Crippen molar-refractivity contribution >= 4 is 17.5 Å². The van der Waals surface area contributed by atoms with E-state index in [1.54, 1.807) is 0 Å². The van der Waals surface area contributed by atoms with Gasteiger partial charge in [-0.1, -0.05) is 6.92 Å². The molecule has 7 nitrogen and oxygen atoms in total. The van der Waals surface area contributed by atoms with Gasteiger partial charge in [0, 0.05) is 25.4 Å². The third-order valence-corrected chi connectivity index (χ3v) is 3.37. The van der Waals surface area contributed by atoms with Crippen LogP contribution in [-0.2, 0) is 0 Å². The standard InChI is InChI=1S/C12H15N3O4/c1-8-2-4-14(5-3-8)11-10(15(18)19)6-9(7-13-11)12(16)17/h6-8H,2-5H2,1H3,(H,16,17). The summed E-state index contributed by atoms with van der Waals surface area (Å²) in [6.45, 7) is 3.57. The lowest BCUT2D eigenvalue weighted by Crippen LogP contribution is -2.33. The number of rotatable bonds is 3. The molecule has 0 spiro atoms. The first kappa shape index (κ1) is 13.3. The van der Waals surface area contributed by atoms with Crippen LogP contribution in [0.4, 0.5) is 11.5 Å². The molecule has 1 N–H and O–H groups in total. The van der Waals surface area contributed by atoms with E-state index in [4.69, 9.17) is 5.11 Å². The maximum Gasteiger partial charge on any atom is 0.337 e. The van der Waals surface area contributed by atoms with Crippen molar-refractivity contribution in [2.24, 2.45) is 5.92 Å². The number of nitro groups is 1. The first-order valence-electron chi connectivity index (χ1n) is 6.11. The van der Waals surface area contributed by atoms with Gasteiger partial charge in [-0.15, -0.1) is 0 Å². The van der Waals surface area contributed by atoms with Crippen molar-refractivity contribution < 1.29 is 14.8 Å². The largest absolute Gasteiger partial charge is 0.478 e. The smallest absolute Gasteiger partial charge is 0.337 e. The van der Waals surface area contributed by atoms with Gasteiger partial charge in [-0.25, -0.2) is 9.78 Å². The molecule has 7 heteroatoms. The molecule has 1 fully saturated rings. The third kappa shape index (κ3) is 2.81. The number of anilines is 1. The van der Waals surface area contributed by atoms with Crippen LogP contribution in [0.25, 0.3) is 0 Å². The lowest BCUT2D eigenvalue weighted by Gasteiger charge is -2.30. The number of carboxylic acid groups (broad SMARTS) is 1. The van der Waals surface area contributed by atoms with Gasteiger partial charge in [0.1, 0.15) is 0 Å². The van der Waals surface area contributed by atoms with E-state index < -0.39 is 10.9 Å². The summed E-state index contributed by atoms with van der Waals surface area (Å²) >= 11 is 0. The molecule has 2 heterocycles. The van der Waals surface area contributed by atoms with E-state index in [1.165, 1.54) is 6.20 Å². The highest BCUT2D eigenvalue weighted by molar-refractivity contribution is 5.88. The molecule has 0 amide bonds. The van der Waals surface area contributed by atoms with Gasteiger partial charge in [-0.05, 0) is 18.8 Å². The predicted molar refractivity (Wildman–Crippen MR) is 68.5 cm³/mol. The number of hydrogen-bond acceptors (Lipinski definition) is 5. The zero-order valence-corrected chi connectivity index (χ0v) is 10.6. The molecule has 19 heavy (non-hydrogen) atoms. The zero-order valence-electron chi connectivity index (χ0n) is 10.6. The van der Waals surface area contributed by atoms with Crippen LogP contribution in [0.5, 0.6) is 0 Å². The highest BCUT2D eigenvalue weighted by atomic mass is 16.6. The van der Waals surface area contributed by atoms with Gasteiger partial charge < -0.3 is 10.0 Å². The first-order chi connectivity index (χ1) is 8.99. The van der Waals surface area contributed by atoms with E-state index in [9.17, 15) is 14.9 Å². The van der Waals surface area contributed by atoms with Crippen LogP contribution in [0.2, 0.25) is 0 Å². The number of aromatic carboxylic acids is 1. The fraction of sp³-hybridized carbons (Fsp3) is 0.500. The minimum absolute atomic E-state index is 0.166. The quantitative estimate of drug-likeness (QED) is 0.662. The SMILES string of the molecule is CC1CCN(c2ncc(C(=O)O)cc2[N+](=O)[O-])CC1. The molecule has 1 saturated heterocycles. The Morgan fingerprint density at radius 1 is 1.53 bits per heavy atom. The second-order valence-corrected chi connectivity index (χ2v) is 4.80. The molecule has 0 bridgehead atoms. The normalized spacial score (nSPS) is 16.4. The fourth-order valence-electron chi connectivity index (χ4n) is 2.16. The van der Waals surface area contributed by atoms with Crippen molar-refractivity contribution in [1.82, 2.24) is 4.98 Å². The lowest BCUT2D eigenvalue weighted by atomic mass is 9.99. The summed E-state index contributed by atoms with van der Waals surface area (Å²) in [5.41, 5.74) is -0.407. The van der Waals surface area contributed by atoms with Crippen molar-refractivity contribution in [3.05, 3.63) is 27.9 Å². The molecule has 0 aliphatic carbocycles. The molecule has 2 rings (SSSR count). The Labute approximate surface area is 110 Å². The molecule has 0 radical (unpaired) electrons. The number of hydrogen-bond donors (Lipinski definition) is 1. The van der Waals surface area contributed by atoms with Crippen LogP contribution in [0.15, 0.2) is 12.3 Å². The summed E-state index contributed by atoms with van der Waals surface area (Å²) in [6.07, 6.45) is 3.09. The molecule has 1 aromatic rings. The Hall–Kier alpha value is -2.18. The second kappa shape index (κ2) is 5.21. The highest BCUT2D eigenvalue weighted by Gasteiger charge is 2.26. The maximum absolute atomic E-state index is 11.0. The summed E-state index contributed by atoms with van der Waals surface area (Å²) < 4.78 is 0. The Balaban J connectivity index is 2.34. The molecule has 1 aliphatic rings. The molecule has 1 aliphatic heterocycles. The molecule has 0 saturated carbocycles.